The van der Waals surface area contributed by atoms with Crippen molar-refractivity contribution < 1.29 is 19.1 Å². The molecule has 6 nitrogen and oxygen atoms in total. The van der Waals surface area contributed by atoms with Gasteiger partial charge in [0.1, 0.15) is 5.75 Å². The lowest BCUT2D eigenvalue weighted by molar-refractivity contribution is -0.138. The Morgan fingerprint density at radius 1 is 1.31 bits per heavy atom. The molecule has 144 valence electrons. The zero-order valence-corrected chi connectivity index (χ0v) is 15.8. The highest BCUT2D eigenvalue weighted by atomic mass is 16.5. The minimum absolute atomic E-state index is 0.0449. The molecule has 0 spiro atoms. The Morgan fingerprint density at radius 2 is 2.08 bits per heavy atom. The molecule has 6 heteroatoms. The number of rotatable bonds is 10. The van der Waals surface area contributed by atoms with Crippen molar-refractivity contribution in [3.63, 3.8) is 0 Å². The molecule has 1 heterocycles. The fraction of sp³-hybridized carbons (Fsp3) is 0.600. The highest BCUT2D eigenvalue weighted by Gasteiger charge is 2.29. The Morgan fingerprint density at radius 3 is 2.77 bits per heavy atom. The number of benzene rings is 1. The molecule has 1 saturated heterocycles. The summed E-state index contributed by atoms with van der Waals surface area (Å²) < 4.78 is 10.4. The van der Waals surface area contributed by atoms with Crippen LogP contribution in [0, 0.1) is 5.92 Å². The second-order valence-corrected chi connectivity index (χ2v) is 6.51. The second-order valence-electron chi connectivity index (χ2n) is 6.51. The van der Waals surface area contributed by atoms with Crippen molar-refractivity contribution in [2.75, 3.05) is 40.0 Å². The SMILES string of the molecule is CCOCCCNC(=O)[C@@H]1CCC(=O)N(CCc2ccc(OC)cc2)C1. The molecular formula is C20H30N2O4. The third-order valence-corrected chi connectivity index (χ3v) is 4.67. The fourth-order valence-corrected chi connectivity index (χ4v) is 3.08. The summed E-state index contributed by atoms with van der Waals surface area (Å²) in [7, 11) is 1.64. The predicted octanol–water partition coefficient (Wildman–Crippen LogP) is 2.02. The maximum atomic E-state index is 12.3. The zero-order chi connectivity index (χ0) is 18.8. The Kier molecular flexibility index (Phi) is 8.41. The van der Waals surface area contributed by atoms with Crippen molar-refractivity contribution in [3.8, 4) is 5.75 Å². The van der Waals surface area contributed by atoms with Crippen molar-refractivity contribution >= 4 is 11.8 Å². The van der Waals surface area contributed by atoms with Crippen molar-refractivity contribution in [1.29, 1.82) is 0 Å². The molecular weight excluding hydrogens is 332 g/mol. The molecule has 0 aliphatic carbocycles. The summed E-state index contributed by atoms with van der Waals surface area (Å²) in [6.45, 7) is 5.08. The van der Waals surface area contributed by atoms with E-state index in [9.17, 15) is 9.59 Å². The van der Waals surface area contributed by atoms with E-state index < -0.39 is 0 Å². The molecule has 1 aromatic carbocycles. The molecule has 2 amide bonds. The molecule has 0 radical (unpaired) electrons. The van der Waals surface area contributed by atoms with Gasteiger partial charge < -0.3 is 19.7 Å². The van der Waals surface area contributed by atoms with Gasteiger partial charge in [0.2, 0.25) is 11.8 Å². The van der Waals surface area contributed by atoms with Gasteiger partial charge in [-0.2, -0.15) is 0 Å². The van der Waals surface area contributed by atoms with Crippen LogP contribution in [0.15, 0.2) is 24.3 Å². The van der Waals surface area contributed by atoms with Gasteiger partial charge in [-0.05, 0) is 43.9 Å². The van der Waals surface area contributed by atoms with Crippen LogP contribution in [0.1, 0.15) is 31.7 Å². The van der Waals surface area contributed by atoms with Crippen LogP contribution in [0.5, 0.6) is 5.75 Å². The number of carbonyl (C=O) groups excluding carboxylic acids is 2. The number of methoxy groups -OCH3 is 1. The van der Waals surface area contributed by atoms with Crippen LogP contribution in [0.2, 0.25) is 0 Å². The summed E-state index contributed by atoms with van der Waals surface area (Å²) in [5.41, 5.74) is 1.15. The van der Waals surface area contributed by atoms with Crippen LogP contribution in [0.3, 0.4) is 0 Å². The molecule has 0 saturated carbocycles. The molecule has 0 bridgehead atoms. The van der Waals surface area contributed by atoms with Crippen LogP contribution in [0.25, 0.3) is 0 Å². The van der Waals surface area contributed by atoms with E-state index in [1.165, 1.54) is 0 Å². The first-order chi connectivity index (χ1) is 12.6. The third-order valence-electron chi connectivity index (χ3n) is 4.67. The zero-order valence-electron chi connectivity index (χ0n) is 15.8. The van der Waals surface area contributed by atoms with Gasteiger partial charge >= 0.3 is 0 Å². The Balaban J connectivity index is 1.77. The first-order valence-corrected chi connectivity index (χ1v) is 9.40. The number of piperidine rings is 1. The average Bonchev–Trinajstić information content (AvgIpc) is 2.67. The normalized spacial score (nSPS) is 17.2. The van der Waals surface area contributed by atoms with Crippen LogP contribution >= 0.6 is 0 Å². The third kappa shape index (κ3) is 6.33. The molecule has 26 heavy (non-hydrogen) atoms. The van der Waals surface area contributed by atoms with E-state index in [2.05, 4.69) is 5.32 Å². The first kappa shape index (κ1) is 20.2. The Bertz CT molecular complexity index is 574. The van der Waals surface area contributed by atoms with Crippen LogP contribution in [0.4, 0.5) is 0 Å². The van der Waals surface area contributed by atoms with Crippen molar-refractivity contribution in [2.24, 2.45) is 5.92 Å². The lowest BCUT2D eigenvalue weighted by Crippen LogP contribution is -2.46. The summed E-state index contributed by atoms with van der Waals surface area (Å²) in [4.78, 5) is 26.3. The van der Waals surface area contributed by atoms with Crippen molar-refractivity contribution in [2.45, 2.75) is 32.6 Å². The molecule has 1 aliphatic rings. The Hall–Kier alpha value is -2.08. The molecule has 2 rings (SSSR count). The quantitative estimate of drug-likeness (QED) is 0.647. The first-order valence-electron chi connectivity index (χ1n) is 9.40. The largest absolute Gasteiger partial charge is 0.497 e. The molecule has 0 aromatic heterocycles. The molecule has 1 aromatic rings. The molecule has 1 fully saturated rings. The van der Waals surface area contributed by atoms with Crippen molar-refractivity contribution in [3.05, 3.63) is 29.8 Å². The van der Waals surface area contributed by atoms with E-state index in [4.69, 9.17) is 9.47 Å². The van der Waals surface area contributed by atoms with Gasteiger partial charge in [-0.1, -0.05) is 12.1 Å². The minimum atomic E-state index is -0.115. The van der Waals surface area contributed by atoms with Gasteiger partial charge in [0.15, 0.2) is 0 Å². The van der Waals surface area contributed by atoms with Crippen LogP contribution in [-0.4, -0.2) is 56.7 Å². The van der Waals surface area contributed by atoms with Gasteiger partial charge in [-0.3, -0.25) is 9.59 Å². The van der Waals surface area contributed by atoms with E-state index in [0.29, 0.717) is 45.7 Å². The van der Waals surface area contributed by atoms with E-state index in [-0.39, 0.29) is 17.7 Å². The predicted molar refractivity (Wildman–Crippen MR) is 100 cm³/mol. The average molecular weight is 362 g/mol. The van der Waals surface area contributed by atoms with Crippen molar-refractivity contribution in [1.82, 2.24) is 10.2 Å². The second kappa shape index (κ2) is 10.8. The summed E-state index contributed by atoms with van der Waals surface area (Å²) in [6, 6.07) is 7.86. The topological polar surface area (TPSA) is 67.9 Å². The standard InChI is InChI=1S/C20H30N2O4/c1-3-26-14-4-12-21-20(24)17-7-10-19(23)22(15-17)13-11-16-5-8-18(25-2)9-6-16/h5-6,8-9,17H,3-4,7,10-15H2,1-2H3,(H,21,24)/t17-/m1/s1. The number of ether oxygens (including phenoxy) is 2. The lowest BCUT2D eigenvalue weighted by Gasteiger charge is -2.32. The number of likely N-dealkylation sites (tertiary alicyclic amines) is 1. The highest BCUT2D eigenvalue weighted by molar-refractivity contribution is 5.83. The van der Waals surface area contributed by atoms with E-state index in [0.717, 1.165) is 24.2 Å². The molecule has 1 N–H and O–H groups in total. The number of carbonyl (C=O) groups is 2. The van der Waals surface area contributed by atoms with E-state index in [1.807, 2.05) is 36.1 Å². The number of hydrogen-bond acceptors (Lipinski definition) is 4. The van der Waals surface area contributed by atoms with Gasteiger partial charge in [-0.25, -0.2) is 0 Å². The van der Waals surface area contributed by atoms with Gasteiger partial charge in [-0.15, -0.1) is 0 Å². The summed E-state index contributed by atoms with van der Waals surface area (Å²) in [5.74, 6) is 0.891. The van der Waals surface area contributed by atoms with E-state index in [1.54, 1.807) is 7.11 Å². The van der Waals surface area contributed by atoms with E-state index >= 15 is 0 Å². The molecule has 1 aliphatic heterocycles. The summed E-state index contributed by atoms with van der Waals surface area (Å²) in [5, 5.41) is 2.96. The smallest absolute Gasteiger partial charge is 0.224 e. The van der Waals surface area contributed by atoms with Gasteiger partial charge in [0, 0.05) is 39.3 Å². The highest BCUT2D eigenvalue weighted by Crippen LogP contribution is 2.19. The molecule has 0 unspecified atom stereocenters. The number of amides is 2. The fourth-order valence-electron chi connectivity index (χ4n) is 3.08. The maximum absolute atomic E-state index is 12.3. The molecule has 1 atom stereocenters. The lowest BCUT2D eigenvalue weighted by atomic mass is 9.96. The monoisotopic (exact) mass is 362 g/mol. The Labute approximate surface area is 155 Å². The summed E-state index contributed by atoms with van der Waals surface area (Å²) >= 11 is 0. The van der Waals surface area contributed by atoms with Crippen LogP contribution in [-0.2, 0) is 20.7 Å². The van der Waals surface area contributed by atoms with Crippen LogP contribution < -0.4 is 10.1 Å². The number of hydrogen-bond donors (Lipinski definition) is 1. The number of nitrogens with one attached hydrogen (secondary N) is 1. The van der Waals surface area contributed by atoms with Gasteiger partial charge in [0.05, 0.1) is 13.0 Å². The number of nitrogens with zero attached hydrogens (tertiary/aromatic N) is 1. The minimum Gasteiger partial charge on any atom is -0.497 e. The van der Waals surface area contributed by atoms with Gasteiger partial charge in [0.25, 0.3) is 0 Å². The summed E-state index contributed by atoms with van der Waals surface area (Å²) in [6.07, 6.45) is 2.67. The maximum Gasteiger partial charge on any atom is 0.224 e.